The van der Waals surface area contributed by atoms with E-state index in [0.29, 0.717) is 11.3 Å². The number of nitrogens with zero attached hydrogens (tertiary/aromatic N) is 2. The highest BCUT2D eigenvalue weighted by Crippen LogP contribution is 2.57. The molecule has 22 heavy (non-hydrogen) atoms. The van der Waals surface area contributed by atoms with Crippen molar-refractivity contribution in [2.75, 3.05) is 4.90 Å². The Hall–Kier alpha value is -2.45. The average molecular weight is 294 g/mol. The van der Waals surface area contributed by atoms with E-state index in [2.05, 4.69) is 0 Å². The third kappa shape index (κ3) is 1.40. The molecule has 4 atom stereocenters. The molecular formula is C17H14N2O3. The van der Waals surface area contributed by atoms with Crippen LogP contribution in [0, 0.1) is 23.2 Å². The van der Waals surface area contributed by atoms with Crippen molar-refractivity contribution < 1.29 is 14.3 Å². The third-order valence-electron chi connectivity index (χ3n) is 4.98. The SMILES string of the molecule is C[C@]12C=C[C@@](C)(O1)[C@H]1C(=O)N(c3ccc(C#N)cc3)C(=O)[C@@H]12. The topological polar surface area (TPSA) is 70.4 Å². The fourth-order valence-corrected chi connectivity index (χ4v) is 3.97. The molecule has 4 rings (SSSR count). The summed E-state index contributed by atoms with van der Waals surface area (Å²) in [5.41, 5.74) is -0.428. The van der Waals surface area contributed by atoms with Gasteiger partial charge in [-0.1, -0.05) is 12.2 Å². The lowest BCUT2D eigenvalue weighted by atomic mass is 9.73. The molecule has 0 N–H and O–H groups in total. The van der Waals surface area contributed by atoms with E-state index >= 15 is 0 Å². The van der Waals surface area contributed by atoms with Gasteiger partial charge in [0.25, 0.3) is 0 Å². The van der Waals surface area contributed by atoms with E-state index in [9.17, 15) is 9.59 Å². The quantitative estimate of drug-likeness (QED) is 0.585. The second kappa shape index (κ2) is 3.84. The smallest absolute Gasteiger partial charge is 0.241 e. The van der Waals surface area contributed by atoms with Gasteiger partial charge in [-0.05, 0) is 38.1 Å². The number of hydrogen-bond donors (Lipinski definition) is 0. The maximum absolute atomic E-state index is 12.8. The molecule has 2 amide bonds. The number of ether oxygens (including phenoxy) is 1. The van der Waals surface area contributed by atoms with Crippen molar-refractivity contribution in [1.82, 2.24) is 0 Å². The van der Waals surface area contributed by atoms with Crippen molar-refractivity contribution in [3.63, 3.8) is 0 Å². The van der Waals surface area contributed by atoms with E-state index in [1.807, 2.05) is 32.1 Å². The highest BCUT2D eigenvalue weighted by atomic mass is 16.5. The summed E-state index contributed by atoms with van der Waals surface area (Å²) in [7, 11) is 0. The first-order chi connectivity index (χ1) is 10.4. The van der Waals surface area contributed by atoms with Gasteiger partial charge in [0, 0.05) is 0 Å². The van der Waals surface area contributed by atoms with Gasteiger partial charge in [0.1, 0.15) is 0 Å². The number of fused-ring (bicyclic) bond motifs is 5. The van der Waals surface area contributed by atoms with Crippen LogP contribution in [0.5, 0.6) is 0 Å². The van der Waals surface area contributed by atoms with Crippen molar-refractivity contribution >= 4 is 17.5 Å². The van der Waals surface area contributed by atoms with E-state index in [1.54, 1.807) is 24.3 Å². The van der Waals surface area contributed by atoms with Crippen LogP contribution in [-0.2, 0) is 14.3 Å². The second-order valence-electron chi connectivity index (χ2n) is 6.43. The van der Waals surface area contributed by atoms with Crippen molar-refractivity contribution in [1.29, 1.82) is 5.26 Å². The summed E-state index contributed by atoms with van der Waals surface area (Å²) in [6, 6.07) is 8.51. The Balaban J connectivity index is 1.78. The average Bonchev–Trinajstić information content (AvgIpc) is 3.04. The summed E-state index contributed by atoms with van der Waals surface area (Å²) in [5.74, 6) is -1.41. The number of anilines is 1. The van der Waals surface area contributed by atoms with E-state index < -0.39 is 23.0 Å². The molecule has 0 radical (unpaired) electrons. The highest BCUT2D eigenvalue weighted by molar-refractivity contribution is 6.23. The summed E-state index contributed by atoms with van der Waals surface area (Å²) < 4.78 is 5.95. The monoisotopic (exact) mass is 294 g/mol. The van der Waals surface area contributed by atoms with Crippen LogP contribution in [0.3, 0.4) is 0 Å². The minimum absolute atomic E-state index is 0.227. The molecule has 0 saturated carbocycles. The van der Waals surface area contributed by atoms with E-state index in [-0.39, 0.29) is 11.8 Å². The predicted octanol–water partition coefficient (Wildman–Crippen LogP) is 1.78. The Kier molecular flexibility index (Phi) is 2.31. The molecule has 3 heterocycles. The van der Waals surface area contributed by atoms with Gasteiger partial charge in [0.15, 0.2) is 0 Å². The Morgan fingerprint density at radius 1 is 1.05 bits per heavy atom. The number of hydrogen-bond acceptors (Lipinski definition) is 4. The van der Waals surface area contributed by atoms with Gasteiger partial charge in [-0.15, -0.1) is 0 Å². The van der Waals surface area contributed by atoms with Gasteiger partial charge in [-0.25, -0.2) is 4.90 Å². The summed E-state index contributed by atoms with van der Waals surface area (Å²) in [4.78, 5) is 26.9. The van der Waals surface area contributed by atoms with Crippen molar-refractivity contribution in [3.8, 4) is 6.07 Å². The Bertz CT molecular complexity index is 740. The molecule has 2 bridgehead atoms. The number of amides is 2. The van der Waals surface area contributed by atoms with Crippen LogP contribution < -0.4 is 4.90 Å². The van der Waals surface area contributed by atoms with Gasteiger partial charge in [-0.3, -0.25) is 9.59 Å². The van der Waals surface area contributed by atoms with Crippen LogP contribution in [0.15, 0.2) is 36.4 Å². The summed E-state index contributed by atoms with van der Waals surface area (Å²) in [6.07, 6.45) is 3.78. The van der Waals surface area contributed by atoms with Gasteiger partial charge in [-0.2, -0.15) is 5.26 Å². The minimum atomic E-state index is -0.715. The molecule has 110 valence electrons. The number of carbonyl (C=O) groups excluding carboxylic acids is 2. The zero-order valence-corrected chi connectivity index (χ0v) is 12.2. The number of carbonyl (C=O) groups is 2. The molecule has 3 aliphatic rings. The largest absolute Gasteiger partial charge is 0.359 e. The zero-order chi connectivity index (χ0) is 15.7. The van der Waals surface area contributed by atoms with Gasteiger partial charge >= 0.3 is 0 Å². The maximum Gasteiger partial charge on any atom is 0.241 e. The van der Waals surface area contributed by atoms with Gasteiger partial charge < -0.3 is 4.74 Å². The Morgan fingerprint density at radius 3 is 2.00 bits per heavy atom. The lowest BCUT2D eigenvalue weighted by Gasteiger charge is -2.25. The van der Waals surface area contributed by atoms with Gasteiger partial charge in [0.2, 0.25) is 11.8 Å². The second-order valence-corrected chi connectivity index (χ2v) is 6.43. The van der Waals surface area contributed by atoms with Crippen LogP contribution in [0.1, 0.15) is 19.4 Å². The van der Waals surface area contributed by atoms with Crippen LogP contribution in [-0.4, -0.2) is 23.0 Å². The lowest BCUT2D eigenvalue weighted by molar-refractivity contribution is -0.128. The van der Waals surface area contributed by atoms with Crippen molar-refractivity contribution in [2.45, 2.75) is 25.0 Å². The molecule has 0 aliphatic carbocycles. The van der Waals surface area contributed by atoms with Crippen molar-refractivity contribution in [2.24, 2.45) is 11.8 Å². The van der Waals surface area contributed by atoms with E-state index in [1.165, 1.54) is 4.90 Å². The normalized spacial score (nSPS) is 38.5. The first kappa shape index (κ1) is 13.2. The number of rotatable bonds is 1. The molecule has 3 aliphatic heterocycles. The first-order valence-electron chi connectivity index (χ1n) is 7.18. The maximum atomic E-state index is 12.8. The summed E-state index contributed by atoms with van der Waals surface area (Å²) >= 11 is 0. The zero-order valence-electron chi connectivity index (χ0n) is 12.2. The number of imide groups is 1. The van der Waals surface area contributed by atoms with Crippen LogP contribution in [0.25, 0.3) is 0 Å². The highest BCUT2D eigenvalue weighted by Gasteiger charge is 2.70. The van der Waals surface area contributed by atoms with Crippen LogP contribution in [0.4, 0.5) is 5.69 Å². The van der Waals surface area contributed by atoms with Crippen molar-refractivity contribution in [3.05, 3.63) is 42.0 Å². The van der Waals surface area contributed by atoms with E-state index in [4.69, 9.17) is 10.00 Å². The molecule has 5 heteroatoms. The predicted molar refractivity (Wildman–Crippen MR) is 77.7 cm³/mol. The van der Waals surface area contributed by atoms with Gasteiger partial charge in [0.05, 0.1) is 40.4 Å². The Labute approximate surface area is 127 Å². The molecule has 2 saturated heterocycles. The number of benzene rings is 1. The minimum Gasteiger partial charge on any atom is -0.359 e. The Morgan fingerprint density at radius 2 is 1.55 bits per heavy atom. The summed E-state index contributed by atoms with van der Waals surface area (Å²) in [6.45, 7) is 3.71. The molecule has 0 aromatic heterocycles. The molecular weight excluding hydrogens is 280 g/mol. The first-order valence-corrected chi connectivity index (χ1v) is 7.18. The van der Waals surface area contributed by atoms with E-state index in [0.717, 1.165) is 0 Å². The molecule has 2 fully saturated rings. The number of nitriles is 1. The lowest BCUT2D eigenvalue weighted by Crippen LogP contribution is -2.39. The molecule has 0 spiro atoms. The van der Waals surface area contributed by atoms with Crippen LogP contribution in [0.2, 0.25) is 0 Å². The van der Waals surface area contributed by atoms with Crippen LogP contribution >= 0.6 is 0 Å². The molecule has 1 aromatic carbocycles. The fraction of sp³-hybridized carbons (Fsp3) is 0.353. The fourth-order valence-electron chi connectivity index (χ4n) is 3.97. The third-order valence-corrected chi connectivity index (χ3v) is 4.98. The molecule has 5 nitrogen and oxygen atoms in total. The molecule has 0 unspecified atom stereocenters. The summed E-state index contributed by atoms with van der Waals surface area (Å²) in [5, 5.41) is 8.85. The standard InChI is InChI=1S/C17H14N2O3/c1-16-7-8-17(2,22-16)13-12(16)14(20)19(15(13)21)11-5-3-10(9-18)4-6-11/h3-8,12-13H,1-2H3/t12-,13-,16-,17-/m1/s1. The molecule has 1 aromatic rings.